The van der Waals surface area contributed by atoms with Crippen LogP contribution in [0.15, 0.2) is 42.5 Å². The van der Waals surface area contributed by atoms with Crippen molar-refractivity contribution in [3.63, 3.8) is 0 Å². The van der Waals surface area contributed by atoms with Crippen molar-refractivity contribution in [2.24, 2.45) is 0 Å². The van der Waals surface area contributed by atoms with E-state index >= 15 is 0 Å². The first kappa shape index (κ1) is 32.8. The molecule has 1 aliphatic rings. The molecule has 9 heteroatoms. The van der Waals surface area contributed by atoms with Crippen LogP contribution in [0.1, 0.15) is 37.8 Å². The SMILES string of the molecule is CCN(CC)C(=O)CCCOc1c(CN2CCN(Cc3ccccc3)CC2)ccc(OC)c1OC.Cl.Cl. The fraction of sp³-hybridized carbons (Fsp3) is 0.536. The third-order valence-electron chi connectivity index (χ3n) is 6.59. The van der Waals surface area contributed by atoms with E-state index in [9.17, 15) is 4.79 Å². The minimum atomic E-state index is 0. The number of carbonyl (C=O) groups excluding carboxylic acids is 1. The summed E-state index contributed by atoms with van der Waals surface area (Å²) in [4.78, 5) is 19.1. The molecule has 0 N–H and O–H groups in total. The molecule has 208 valence electrons. The molecule has 37 heavy (non-hydrogen) atoms. The third-order valence-corrected chi connectivity index (χ3v) is 6.59. The molecule has 1 fully saturated rings. The molecule has 0 atom stereocenters. The van der Waals surface area contributed by atoms with Crippen LogP contribution in [0.5, 0.6) is 17.2 Å². The van der Waals surface area contributed by atoms with E-state index in [-0.39, 0.29) is 30.7 Å². The summed E-state index contributed by atoms with van der Waals surface area (Å²) < 4.78 is 17.4. The summed E-state index contributed by atoms with van der Waals surface area (Å²) in [6.45, 7) is 11.8. The van der Waals surface area contributed by atoms with E-state index in [2.05, 4.69) is 46.2 Å². The minimum Gasteiger partial charge on any atom is -0.493 e. The number of carbonyl (C=O) groups is 1. The van der Waals surface area contributed by atoms with Crippen LogP contribution in [0.4, 0.5) is 0 Å². The van der Waals surface area contributed by atoms with Gasteiger partial charge < -0.3 is 19.1 Å². The molecule has 0 aliphatic carbocycles. The lowest BCUT2D eigenvalue weighted by Gasteiger charge is -2.35. The Morgan fingerprint density at radius 3 is 2.03 bits per heavy atom. The Balaban J connectivity index is 0.00000342. The summed E-state index contributed by atoms with van der Waals surface area (Å²) in [5.41, 5.74) is 2.44. The minimum absolute atomic E-state index is 0. The van der Waals surface area contributed by atoms with Crippen LogP contribution >= 0.6 is 24.8 Å². The second-order valence-corrected chi connectivity index (χ2v) is 8.85. The maximum absolute atomic E-state index is 12.3. The van der Waals surface area contributed by atoms with Crippen molar-refractivity contribution in [2.45, 2.75) is 39.8 Å². The summed E-state index contributed by atoms with van der Waals surface area (Å²) in [5.74, 6) is 2.15. The number of nitrogens with zero attached hydrogens (tertiary/aromatic N) is 3. The number of rotatable bonds is 13. The molecule has 0 aromatic heterocycles. The number of hydrogen-bond acceptors (Lipinski definition) is 6. The summed E-state index contributed by atoms with van der Waals surface area (Å²) >= 11 is 0. The number of hydrogen-bond donors (Lipinski definition) is 0. The maximum atomic E-state index is 12.3. The average Bonchev–Trinajstić information content (AvgIpc) is 2.89. The van der Waals surface area contributed by atoms with Crippen molar-refractivity contribution in [3.05, 3.63) is 53.6 Å². The zero-order valence-electron chi connectivity index (χ0n) is 22.6. The standard InChI is InChI=1S/C28H41N3O4.2ClH/c1-5-31(6-2)26(32)13-10-20-35-27-24(14-15-25(33-3)28(27)34-4)22-30-18-16-29(17-19-30)21-23-11-8-7-9-12-23;;/h7-9,11-12,14-15H,5-6,10,13,16-22H2,1-4H3;2*1H. The number of amides is 1. The highest BCUT2D eigenvalue weighted by Crippen LogP contribution is 2.40. The molecule has 0 radical (unpaired) electrons. The van der Waals surface area contributed by atoms with Gasteiger partial charge in [-0.25, -0.2) is 0 Å². The van der Waals surface area contributed by atoms with Gasteiger partial charge in [0.2, 0.25) is 11.7 Å². The molecule has 1 heterocycles. The van der Waals surface area contributed by atoms with Crippen LogP contribution in [-0.2, 0) is 17.9 Å². The zero-order valence-corrected chi connectivity index (χ0v) is 24.2. The van der Waals surface area contributed by atoms with E-state index in [1.165, 1.54) is 5.56 Å². The first-order valence-electron chi connectivity index (χ1n) is 12.7. The largest absolute Gasteiger partial charge is 0.493 e. The summed E-state index contributed by atoms with van der Waals surface area (Å²) in [7, 11) is 3.27. The number of methoxy groups -OCH3 is 2. The molecule has 7 nitrogen and oxygen atoms in total. The van der Waals surface area contributed by atoms with Gasteiger partial charge in [-0.05, 0) is 31.9 Å². The Morgan fingerprint density at radius 1 is 0.838 bits per heavy atom. The highest BCUT2D eigenvalue weighted by Gasteiger charge is 2.22. The average molecular weight is 557 g/mol. The molecule has 1 saturated heterocycles. The quantitative estimate of drug-likeness (QED) is 0.328. The van der Waals surface area contributed by atoms with E-state index in [0.29, 0.717) is 36.7 Å². The molecule has 3 rings (SSSR count). The van der Waals surface area contributed by atoms with Crippen molar-refractivity contribution >= 4 is 30.7 Å². The Hall–Kier alpha value is -2.19. The lowest BCUT2D eigenvalue weighted by Crippen LogP contribution is -2.45. The third kappa shape index (κ3) is 9.56. The van der Waals surface area contributed by atoms with Crippen molar-refractivity contribution in [1.82, 2.24) is 14.7 Å². The first-order chi connectivity index (χ1) is 17.1. The summed E-state index contributed by atoms with van der Waals surface area (Å²) in [6, 6.07) is 14.6. The number of halogens is 2. The summed E-state index contributed by atoms with van der Waals surface area (Å²) in [5, 5.41) is 0. The van der Waals surface area contributed by atoms with Gasteiger partial charge >= 0.3 is 0 Å². The molecule has 0 unspecified atom stereocenters. The lowest BCUT2D eigenvalue weighted by atomic mass is 10.1. The van der Waals surface area contributed by atoms with Gasteiger partial charge in [0.1, 0.15) is 0 Å². The monoisotopic (exact) mass is 555 g/mol. The fourth-order valence-electron chi connectivity index (χ4n) is 4.54. The molecule has 2 aromatic carbocycles. The van der Waals surface area contributed by atoms with E-state index < -0.39 is 0 Å². The van der Waals surface area contributed by atoms with Crippen LogP contribution in [0, 0.1) is 0 Å². The van der Waals surface area contributed by atoms with Gasteiger partial charge in [-0.3, -0.25) is 14.6 Å². The lowest BCUT2D eigenvalue weighted by molar-refractivity contribution is -0.131. The number of piperazine rings is 1. The molecule has 1 aliphatic heterocycles. The topological polar surface area (TPSA) is 54.5 Å². The van der Waals surface area contributed by atoms with Crippen LogP contribution in [-0.4, -0.2) is 80.7 Å². The molecular weight excluding hydrogens is 513 g/mol. The van der Waals surface area contributed by atoms with Crippen LogP contribution in [0.25, 0.3) is 0 Å². The van der Waals surface area contributed by atoms with Gasteiger partial charge in [0.15, 0.2) is 11.5 Å². The van der Waals surface area contributed by atoms with Gasteiger partial charge in [-0.1, -0.05) is 36.4 Å². The molecular formula is C28H43Cl2N3O4. The smallest absolute Gasteiger partial charge is 0.222 e. The van der Waals surface area contributed by atoms with Crippen molar-refractivity contribution in [3.8, 4) is 17.2 Å². The van der Waals surface area contributed by atoms with Gasteiger partial charge in [0.25, 0.3) is 0 Å². The van der Waals surface area contributed by atoms with Gasteiger partial charge in [0.05, 0.1) is 20.8 Å². The maximum Gasteiger partial charge on any atom is 0.222 e. The van der Waals surface area contributed by atoms with Crippen LogP contribution in [0.2, 0.25) is 0 Å². The van der Waals surface area contributed by atoms with Crippen LogP contribution < -0.4 is 14.2 Å². The Labute approximate surface area is 234 Å². The van der Waals surface area contributed by atoms with E-state index in [1.54, 1.807) is 14.2 Å². The Morgan fingerprint density at radius 2 is 1.46 bits per heavy atom. The second-order valence-electron chi connectivity index (χ2n) is 8.85. The van der Waals surface area contributed by atoms with Gasteiger partial charge in [-0.15, -0.1) is 24.8 Å². The number of benzene rings is 2. The predicted octanol–water partition coefficient (Wildman–Crippen LogP) is 4.89. The van der Waals surface area contributed by atoms with Crippen molar-refractivity contribution < 1.29 is 19.0 Å². The number of ether oxygens (including phenoxy) is 3. The Bertz CT molecular complexity index is 921. The van der Waals surface area contributed by atoms with Gasteiger partial charge in [0, 0.05) is 64.3 Å². The summed E-state index contributed by atoms with van der Waals surface area (Å²) in [6.07, 6.45) is 1.14. The molecule has 2 aromatic rings. The highest BCUT2D eigenvalue weighted by molar-refractivity contribution is 5.85. The van der Waals surface area contributed by atoms with E-state index in [4.69, 9.17) is 14.2 Å². The normalized spacial score (nSPS) is 13.7. The van der Waals surface area contributed by atoms with E-state index in [0.717, 1.165) is 57.9 Å². The fourth-order valence-corrected chi connectivity index (χ4v) is 4.54. The van der Waals surface area contributed by atoms with Crippen LogP contribution in [0.3, 0.4) is 0 Å². The van der Waals surface area contributed by atoms with Crippen molar-refractivity contribution in [1.29, 1.82) is 0 Å². The van der Waals surface area contributed by atoms with Crippen molar-refractivity contribution in [2.75, 3.05) is 60.1 Å². The Kier molecular flexibility index (Phi) is 15.4. The van der Waals surface area contributed by atoms with Gasteiger partial charge in [-0.2, -0.15) is 0 Å². The zero-order chi connectivity index (χ0) is 25.0. The predicted molar refractivity (Wildman–Crippen MR) is 154 cm³/mol. The molecule has 1 amide bonds. The second kappa shape index (κ2) is 17.3. The van der Waals surface area contributed by atoms with E-state index in [1.807, 2.05) is 24.8 Å². The highest BCUT2D eigenvalue weighted by atomic mass is 35.5. The molecule has 0 saturated carbocycles. The molecule has 0 spiro atoms. The molecule has 0 bridgehead atoms. The first-order valence-corrected chi connectivity index (χ1v) is 12.7.